The number of carbonyl (C=O) groups is 2. The number of H-pyrrole nitrogens is 1. The van der Waals surface area contributed by atoms with Crippen LogP contribution in [0.3, 0.4) is 0 Å². The average Bonchev–Trinajstić information content (AvgIpc) is 3.41. The average molecular weight is 531 g/mol. The molecule has 0 radical (unpaired) electrons. The van der Waals surface area contributed by atoms with E-state index < -0.39 is 17.7 Å². The van der Waals surface area contributed by atoms with E-state index in [4.69, 9.17) is 4.74 Å². The number of fused-ring (bicyclic) bond motifs is 1. The summed E-state index contributed by atoms with van der Waals surface area (Å²) in [6, 6.07) is 21.5. The van der Waals surface area contributed by atoms with Gasteiger partial charge in [0.05, 0.1) is 18.7 Å². The Hall–Kier alpha value is -3.84. The topological polar surface area (TPSA) is 82.6 Å². The molecule has 0 spiro atoms. The highest BCUT2D eigenvalue weighted by molar-refractivity contribution is 9.10. The molecule has 2 N–H and O–H groups in total. The first-order chi connectivity index (χ1) is 17.0. The monoisotopic (exact) mass is 530 g/mol. The Morgan fingerprint density at radius 3 is 2.46 bits per heavy atom. The smallest absolute Gasteiger partial charge is 0.295 e. The largest absolute Gasteiger partial charge is 0.507 e. The standard InChI is InChI=1S/C28H23BrN2O4/c1-35-21-12-8-17(9-13-21)25-24(26(32)18-6-10-20(29)11-7-18)27(33)28(34)31(25)15-14-19-16-30-23-5-3-2-4-22(19)23/h2-13,16,25,30,32H,14-15H2,1H3/t25-/m1/s1. The Bertz CT molecular complexity index is 1440. The van der Waals surface area contributed by atoms with Gasteiger partial charge in [-0.1, -0.05) is 58.4 Å². The summed E-state index contributed by atoms with van der Waals surface area (Å²) < 4.78 is 6.12. The summed E-state index contributed by atoms with van der Waals surface area (Å²) >= 11 is 3.39. The second-order valence-electron chi connectivity index (χ2n) is 8.38. The fourth-order valence-electron chi connectivity index (χ4n) is 4.59. The third-order valence-electron chi connectivity index (χ3n) is 6.39. The van der Waals surface area contributed by atoms with E-state index in [1.807, 2.05) is 42.6 Å². The Labute approximate surface area is 211 Å². The normalized spacial score (nSPS) is 17.3. The van der Waals surface area contributed by atoms with Gasteiger partial charge >= 0.3 is 0 Å². The van der Waals surface area contributed by atoms with Crippen molar-refractivity contribution in [3.05, 3.63) is 106 Å². The number of ether oxygens (including phenoxy) is 1. The summed E-state index contributed by atoms with van der Waals surface area (Å²) in [5, 5.41) is 12.3. The molecule has 0 saturated carbocycles. The minimum absolute atomic E-state index is 0.0846. The van der Waals surface area contributed by atoms with Crippen molar-refractivity contribution in [2.45, 2.75) is 12.5 Å². The molecule has 35 heavy (non-hydrogen) atoms. The van der Waals surface area contributed by atoms with Crippen LogP contribution in [0.2, 0.25) is 0 Å². The number of aromatic nitrogens is 1. The highest BCUT2D eigenvalue weighted by Crippen LogP contribution is 2.40. The molecule has 1 atom stereocenters. The van der Waals surface area contributed by atoms with Crippen LogP contribution in [-0.2, 0) is 16.0 Å². The van der Waals surface area contributed by atoms with Crippen LogP contribution in [0.25, 0.3) is 16.7 Å². The van der Waals surface area contributed by atoms with Gasteiger partial charge in [-0.2, -0.15) is 0 Å². The molecule has 0 bridgehead atoms. The predicted octanol–water partition coefficient (Wildman–Crippen LogP) is 5.60. The molecular formula is C28H23BrN2O4. The molecule has 7 heteroatoms. The fraction of sp³-hybridized carbons (Fsp3) is 0.143. The number of aromatic amines is 1. The van der Waals surface area contributed by atoms with Crippen molar-refractivity contribution in [2.24, 2.45) is 0 Å². The molecule has 1 aliphatic rings. The fourth-order valence-corrected chi connectivity index (χ4v) is 4.85. The zero-order valence-electron chi connectivity index (χ0n) is 19.0. The second kappa shape index (κ2) is 9.43. The summed E-state index contributed by atoms with van der Waals surface area (Å²) in [7, 11) is 1.58. The molecule has 5 rings (SSSR count). The third kappa shape index (κ3) is 4.23. The van der Waals surface area contributed by atoms with E-state index in [1.165, 1.54) is 0 Å². The number of nitrogens with one attached hydrogen (secondary N) is 1. The number of aliphatic hydroxyl groups is 1. The maximum absolute atomic E-state index is 13.2. The van der Waals surface area contributed by atoms with Crippen LogP contribution < -0.4 is 4.74 Å². The maximum Gasteiger partial charge on any atom is 0.295 e. The molecule has 1 fully saturated rings. The van der Waals surface area contributed by atoms with Crippen molar-refractivity contribution < 1.29 is 19.4 Å². The molecular weight excluding hydrogens is 508 g/mol. The molecule has 6 nitrogen and oxygen atoms in total. The molecule has 3 aromatic carbocycles. The van der Waals surface area contributed by atoms with Gasteiger partial charge in [-0.15, -0.1) is 0 Å². The van der Waals surface area contributed by atoms with Gasteiger partial charge in [0.2, 0.25) is 0 Å². The molecule has 176 valence electrons. The number of aliphatic hydroxyl groups excluding tert-OH is 1. The number of hydrogen-bond donors (Lipinski definition) is 2. The van der Waals surface area contributed by atoms with Crippen LogP contribution in [0.1, 0.15) is 22.7 Å². The first-order valence-corrected chi connectivity index (χ1v) is 12.0. The van der Waals surface area contributed by atoms with E-state index in [2.05, 4.69) is 20.9 Å². The number of carbonyl (C=O) groups excluding carboxylic acids is 2. The molecule has 1 amide bonds. The molecule has 1 aromatic heterocycles. The number of amides is 1. The number of methoxy groups -OCH3 is 1. The lowest BCUT2D eigenvalue weighted by atomic mass is 9.95. The lowest BCUT2D eigenvalue weighted by Crippen LogP contribution is -2.31. The van der Waals surface area contributed by atoms with Crippen LogP contribution >= 0.6 is 15.9 Å². The van der Waals surface area contributed by atoms with Gasteiger partial charge in [-0.3, -0.25) is 9.59 Å². The van der Waals surface area contributed by atoms with Crippen LogP contribution in [-0.4, -0.2) is 40.3 Å². The molecule has 2 heterocycles. The summed E-state index contributed by atoms with van der Waals surface area (Å²) in [6.07, 6.45) is 2.49. The zero-order valence-corrected chi connectivity index (χ0v) is 20.6. The summed E-state index contributed by atoms with van der Waals surface area (Å²) in [5.74, 6) is -0.835. The highest BCUT2D eigenvalue weighted by Gasteiger charge is 2.45. The van der Waals surface area contributed by atoms with Crippen LogP contribution in [0.15, 0.2) is 89.0 Å². The number of halogens is 1. The van der Waals surface area contributed by atoms with Crippen molar-refractivity contribution in [3.63, 3.8) is 0 Å². The third-order valence-corrected chi connectivity index (χ3v) is 6.91. The van der Waals surface area contributed by atoms with Crippen LogP contribution in [0, 0.1) is 0 Å². The van der Waals surface area contributed by atoms with Gasteiger partial charge in [-0.05, 0) is 47.9 Å². The van der Waals surface area contributed by atoms with Gasteiger partial charge in [0.15, 0.2) is 0 Å². The van der Waals surface area contributed by atoms with Gasteiger partial charge in [0.1, 0.15) is 11.5 Å². The SMILES string of the molecule is COc1ccc([C@@H]2C(=C(O)c3ccc(Br)cc3)C(=O)C(=O)N2CCc2c[nH]c3ccccc23)cc1. The maximum atomic E-state index is 13.2. The number of nitrogens with zero attached hydrogens (tertiary/aromatic N) is 1. The van der Waals surface area contributed by atoms with E-state index in [0.29, 0.717) is 24.3 Å². The van der Waals surface area contributed by atoms with Crippen molar-refractivity contribution in [1.82, 2.24) is 9.88 Å². The number of Topliss-reactive ketones (excluding diaryl/α,β-unsaturated/α-hetero) is 1. The van der Waals surface area contributed by atoms with Crippen molar-refractivity contribution >= 4 is 44.3 Å². The van der Waals surface area contributed by atoms with Crippen LogP contribution in [0.5, 0.6) is 5.75 Å². The molecule has 1 saturated heterocycles. The van der Waals surface area contributed by atoms with E-state index in [-0.39, 0.29) is 11.3 Å². The second-order valence-corrected chi connectivity index (χ2v) is 9.30. The van der Waals surface area contributed by atoms with Gasteiger partial charge in [0, 0.05) is 33.7 Å². The van der Waals surface area contributed by atoms with Gasteiger partial charge in [0.25, 0.3) is 11.7 Å². The van der Waals surface area contributed by atoms with E-state index in [1.54, 1.807) is 48.4 Å². The minimum Gasteiger partial charge on any atom is -0.507 e. The lowest BCUT2D eigenvalue weighted by molar-refractivity contribution is -0.139. The van der Waals surface area contributed by atoms with Gasteiger partial charge in [-0.25, -0.2) is 0 Å². The first-order valence-electron chi connectivity index (χ1n) is 11.2. The molecule has 4 aromatic rings. The first kappa shape index (κ1) is 22.9. The Morgan fingerprint density at radius 1 is 1.03 bits per heavy atom. The van der Waals surface area contributed by atoms with E-state index >= 15 is 0 Å². The molecule has 1 aliphatic heterocycles. The summed E-state index contributed by atoms with van der Waals surface area (Å²) in [4.78, 5) is 31.3. The number of rotatable bonds is 6. The molecule has 0 unspecified atom stereocenters. The highest BCUT2D eigenvalue weighted by atomic mass is 79.9. The Kier molecular flexibility index (Phi) is 6.17. The summed E-state index contributed by atoms with van der Waals surface area (Å²) in [6.45, 7) is 0.320. The number of benzene rings is 3. The zero-order chi connectivity index (χ0) is 24.5. The minimum atomic E-state index is -0.713. The van der Waals surface area contributed by atoms with Crippen molar-refractivity contribution in [2.75, 3.05) is 13.7 Å². The molecule has 0 aliphatic carbocycles. The van der Waals surface area contributed by atoms with Crippen molar-refractivity contribution in [3.8, 4) is 5.75 Å². The van der Waals surface area contributed by atoms with E-state index in [9.17, 15) is 14.7 Å². The van der Waals surface area contributed by atoms with Crippen molar-refractivity contribution in [1.29, 1.82) is 0 Å². The summed E-state index contributed by atoms with van der Waals surface area (Å²) in [5.41, 5.74) is 3.36. The predicted molar refractivity (Wildman–Crippen MR) is 138 cm³/mol. The quantitative estimate of drug-likeness (QED) is 0.193. The van der Waals surface area contributed by atoms with Gasteiger partial charge < -0.3 is 19.7 Å². The number of para-hydroxylation sites is 1. The van der Waals surface area contributed by atoms with Crippen LogP contribution in [0.4, 0.5) is 0 Å². The number of hydrogen-bond acceptors (Lipinski definition) is 4. The lowest BCUT2D eigenvalue weighted by Gasteiger charge is -2.25. The Morgan fingerprint density at radius 2 is 1.74 bits per heavy atom. The number of likely N-dealkylation sites (tertiary alicyclic amines) is 1. The Balaban J connectivity index is 1.56. The number of ketones is 1. The van der Waals surface area contributed by atoms with E-state index in [0.717, 1.165) is 26.5 Å².